The molecule has 0 aromatic heterocycles. The largest absolute Gasteiger partial charge is 0.472 e. The molecule has 0 amide bonds. The zero-order valence-electron chi connectivity index (χ0n) is 11.9. The number of methoxy groups -OCH3 is 2. The summed E-state index contributed by atoms with van der Waals surface area (Å²) >= 11 is 0. The van der Waals surface area contributed by atoms with Gasteiger partial charge in [0, 0.05) is 11.3 Å². The summed E-state index contributed by atoms with van der Waals surface area (Å²) in [5, 5.41) is 3.05. The van der Waals surface area contributed by atoms with Gasteiger partial charge in [0.15, 0.2) is 6.10 Å². The number of ketones is 1. The predicted molar refractivity (Wildman–Crippen MR) is 74.1 cm³/mol. The number of hydrogen-bond acceptors (Lipinski definition) is 7. The summed E-state index contributed by atoms with van der Waals surface area (Å²) in [6.45, 7) is 0. The molecule has 2 atom stereocenters. The molecule has 0 saturated carbocycles. The van der Waals surface area contributed by atoms with Crippen molar-refractivity contribution in [1.29, 1.82) is 0 Å². The third kappa shape index (κ3) is 1.93. The predicted octanol–water partition coefficient (Wildman–Crippen LogP) is 0.662. The molecule has 7 nitrogen and oxygen atoms in total. The molecule has 0 spiro atoms. The normalized spacial score (nSPS) is 22.2. The molecule has 0 bridgehead atoms. The van der Waals surface area contributed by atoms with Crippen LogP contribution in [0.3, 0.4) is 0 Å². The van der Waals surface area contributed by atoms with Gasteiger partial charge in [0.2, 0.25) is 11.5 Å². The molecule has 7 heteroatoms. The number of benzene rings is 1. The maximum Gasteiger partial charge on any atom is 0.374 e. The van der Waals surface area contributed by atoms with Crippen molar-refractivity contribution < 1.29 is 28.6 Å². The minimum Gasteiger partial charge on any atom is -0.472 e. The average Bonchev–Trinajstić information content (AvgIpc) is 2.93. The van der Waals surface area contributed by atoms with E-state index in [-0.39, 0.29) is 17.1 Å². The Bertz CT molecular complexity index is 708. The van der Waals surface area contributed by atoms with Crippen molar-refractivity contribution in [3.63, 3.8) is 0 Å². The summed E-state index contributed by atoms with van der Waals surface area (Å²) in [5.41, 5.74) is 0.978. The number of fused-ring (bicyclic) bond motifs is 2. The first-order chi connectivity index (χ1) is 10.6. The number of rotatable bonds is 2. The van der Waals surface area contributed by atoms with E-state index in [9.17, 15) is 14.4 Å². The molecule has 2 heterocycles. The summed E-state index contributed by atoms with van der Waals surface area (Å²) in [6.07, 6.45) is -1.00. The van der Waals surface area contributed by atoms with Crippen molar-refractivity contribution in [2.75, 3.05) is 19.5 Å². The van der Waals surface area contributed by atoms with E-state index < -0.39 is 24.1 Å². The molecule has 0 saturated heterocycles. The molecule has 1 aromatic carbocycles. The van der Waals surface area contributed by atoms with E-state index in [1.807, 2.05) is 0 Å². The van der Waals surface area contributed by atoms with E-state index in [4.69, 9.17) is 9.47 Å². The molecular weight excluding hydrogens is 290 g/mol. The highest BCUT2D eigenvalue weighted by Crippen LogP contribution is 2.37. The molecule has 0 radical (unpaired) electrons. The summed E-state index contributed by atoms with van der Waals surface area (Å²) in [6, 6.07) is 6.07. The standard InChI is InChI=1S/C15H13NO6/c1-20-14(18)9-10-13(22-12(9)15(19)21-2)11(17)7-5-3-4-6-8(7)16-10/h3-6,10,13,16H,1-2H3/t10-,13+/m1/s1. The van der Waals surface area contributed by atoms with Gasteiger partial charge >= 0.3 is 11.9 Å². The lowest BCUT2D eigenvalue weighted by atomic mass is 9.91. The van der Waals surface area contributed by atoms with Gasteiger partial charge in [0.05, 0.1) is 14.2 Å². The van der Waals surface area contributed by atoms with Gasteiger partial charge in [0.1, 0.15) is 11.6 Å². The second-order valence-corrected chi connectivity index (χ2v) is 4.80. The minimum absolute atomic E-state index is 0.0396. The van der Waals surface area contributed by atoms with Gasteiger partial charge in [-0.2, -0.15) is 0 Å². The van der Waals surface area contributed by atoms with Crippen LogP contribution in [0.5, 0.6) is 0 Å². The van der Waals surface area contributed by atoms with Gasteiger partial charge in [0.25, 0.3) is 0 Å². The molecule has 114 valence electrons. The molecule has 1 N–H and O–H groups in total. The zero-order valence-corrected chi connectivity index (χ0v) is 11.9. The number of esters is 2. The fourth-order valence-electron chi connectivity index (χ4n) is 2.63. The number of nitrogens with one attached hydrogen (secondary N) is 1. The molecule has 2 aliphatic rings. The van der Waals surface area contributed by atoms with Gasteiger partial charge in [-0.15, -0.1) is 0 Å². The number of para-hydroxylation sites is 1. The molecule has 1 aromatic rings. The van der Waals surface area contributed by atoms with E-state index in [1.165, 1.54) is 14.2 Å². The van der Waals surface area contributed by atoms with Crippen molar-refractivity contribution in [1.82, 2.24) is 0 Å². The first kappa shape index (κ1) is 14.1. The van der Waals surface area contributed by atoms with E-state index in [2.05, 4.69) is 10.1 Å². The van der Waals surface area contributed by atoms with Gasteiger partial charge in [-0.1, -0.05) is 12.1 Å². The smallest absolute Gasteiger partial charge is 0.374 e. The number of carbonyl (C=O) groups excluding carboxylic acids is 3. The average molecular weight is 303 g/mol. The monoisotopic (exact) mass is 303 g/mol. The lowest BCUT2D eigenvalue weighted by molar-refractivity contribution is -0.141. The Kier molecular flexibility index (Phi) is 3.32. The zero-order chi connectivity index (χ0) is 15.9. The van der Waals surface area contributed by atoms with Crippen LogP contribution in [0.25, 0.3) is 0 Å². The highest BCUT2D eigenvalue weighted by molar-refractivity contribution is 6.11. The van der Waals surface area contributed by atoms with Crippen LogP contribution in [0, 0.1) is 0 Å². The van der Waals surface area contributed by atoms with E-state index in [1.54, 1.807) is 24.3 Å². The molecule has 22 heavy (non-hydrogen) atoms. The first-order valence-electron chi connectivity index (χ1n) is 6.55. The lowest BCUT2D eigenvalue weighted by Crippen LogP contribution is -2.44. The van der Waals surface area contributed by atoms with E-state index in [0.717, 1.165) is 0 Å². The number of Topliss-reactive ketones (excluding diaryl/α,β-unsaturated/α-hetero) is 1. The van der Waals surface area contributed by atoms with Crippen LogP contribution in [-0.4, -0.2) is 44.1 Å². The topological polar surface area (TPSA) is 90.9 Å². The van der Waals surface area contributed by atoms with Gasteiger partial charge in [-0.3, -0.25) is 4.79 Å². The van der Waals surface area contributed by atoms with Crippen molar-refractivity contribution in [2.45, 2.75) is 12.1 Å². The first-order valence-corrected chi connectivity index (χ1v) is 6.55. The van der Waals surface area contributed by atoms with Crippen molar-refractivity contribution >= 4 is 23.4 Å². The van der Waals surface area contributed by atoms with Crippen LogP contribution < -0.4 is 5.32 Å². The summed E-state index contributed by atoms with van der Waals surface area (Å²) in [4.78, 5) is 36.3. The van der Waals surface area contributed by atoms with Crippen molar-refractivity contribution in [3.8, 4) is 0 Å². The Hall–Kier alpha value is -2.83. The van der Waals surface area contributed by atoms with Crippen LogP contribution in [0.2, 0.25) is 0 Å². The van der Waals surface area contributed by atoms with Crippen LogP contribution in [0.15, 0.2) is 35.6 Å². The molecule has 0 unspecified atom stereocenters. The Morgan fingerprint density at radius 3 is 2.50 bits per heavy atom. The Labute approximate surface area is 125 Å². The number of carbonyl (C=O) groups is 3. The number of anilines is 1. The Morgan fingerprint density at radius 2 is 1.82 bits per heavy atom. The molecular formula is C15H13NO6. The highest BCUT2D eigenvalue weighted by Gasteiger charge is 2.50. The van der Waals surface area contributed by atoms with Gasteiger partial charge in [-0.05, 0) is 12.1 Å². The fraction of sp³-hybridized carbons (Fsp3) is 0.267. The van der Waals surface area contributed by atoms with E-state index >= 15 is 0 Å². The third-order valence-electron chi connectivity index (χ3n) is 3.64. The minimum atomic E-state index is -1.00. The molecule has 2 aliphatic heterocycles. The highest BCUT2D eigenvalue weighted by atomic mass is 16.6. The molecule has 0 fully saturated rings. The van der Waals surface area contributed by atoms with Crippen LogP contribution in [0.4, 0.5) is 5.69 Å². The van der Waals surface area contributed by atoms with Crippen LogP contribution in [-0.2, 0) is 23.8 Å². The fourth-order valence-corrected chi connectivity index (χ4v) is 2.63. The van der Waals surface area contributed by atoms with Crippen molar-refractivity contribution in [3.05, 3.63) is 41.2 Å². The van der Waals surface area contributed by atoms with Crippen molar-refractivity contribution in [2.24, 2.45) is 0 Å². The van der Waals surface area contributed by atoms with Gasteiger partial charge < -0.3 is 19.5 Å². The second kappa shape index (κ2) is 5.18. The maximum atomic E-state index is 12.5. The van der Waals surface area contributed by atoms with Crippen LogP contribution >= 0.6 is 0 Å². The van der Waals surface area contributed by atoms with E-state index in [0.29, 0.717) is 11.3 Å². The lowest BCUT2D eigenvalue weighted by Gasteiger charge is -2.28. The Balaban J connectivity index is 2.08. The number of hydrogen-bond donors (Lipinski definition) is 1. The molecule has 0 aliphatic carbocycles. The summed E-state index contributed by atoms with van der Waals surface area (Å²) < 4.78 is 14.7. The molecule has 3 rings (SSSR count). The SMILES string of the molecule is COC(=O)C1=C(C(=O)OC)[C@H]2Nc3ccccc3C(=O)[C@H]2O1. The summed E-state index contributed by atoms with van der Waals surface area (Å²) in [7, 11) is 2.36. The maximum absolute atomic E-state index is 12.5. The summed E-state index contributed by atoms with van der Waals surface area (Å²) in [5.74, 6) is -2.17. The third-order valence-corrected chi connectivity index (χ3v) is 3.64. The Morgan fingerprint density at radius 1 is 1.14 bits per heavy atom. The van der Waals surface area contributed by atoms with Gasteiger partial charge in [-0.25, -0.2) is 9.59 Å². The quantitative estimate of drug-likeness (QED) is 0.803. The van der Waals surface area contributed by atoms with Crippen LogP contribution in [0.1, 0.15) is 10.4 Å². The second-order valence-electron chi connectivity index (χ2n) is 4.80. The number of ether oxygens (including phenoxy) is 3.